The second-order valence-corrected chi connectivity index (χ2v) is 6.55. The number of alkyl halides is 3. The molecule has 1 N–H and O–H groups in total. The summed E-state index contributed by atoms with van der Waals surface area (Å²) in [5, 5.41) is 10.2. The number of rotatable bonds is 3. The van der Waals surface area contributed by atoms with Gasteiger partial charge in [-0.05, 0) is 17.7 Å². The molecule has 0 radical (unpaired) electrons. The molecule has 2 rings (SSSR count). The van der Waals surface area contributed by atoms with Crippen LogP contribution in [0.4, 0.5) is 13.2 Å². The Morgan fingerprint density at radius 1 is 1.32 bits per heavy atom. The molecule has 106 valence electrons. The molecule has 7 heteroatoms. The molecule has 19 heavy (non-hydrogen) atoms. The van der Waals surface area contributed by atoms with E-state index in [9.17, 15) is 18.3 Å². The normalized spacial score (nSPS) is 22.0. The lowest BCUT2D eigenvalue weighted by molar-refractivity contribution is -0.274. The SMILES string of the molecule is OC(c1cccc(OC(F)(F)F)c1)C1CSCCS1. The zero-order valence-electron chi connectivity index (χ0n) is 9.89. The molecule has 1 aliphatic heterocycles. The first-order chi connectivity index (χ1) is 8.96. The maximum absolute atomic E-state index is 12.1. The predicted molar refractivity (Wildman–Crippen MR) is 71.7 cm³/mol. The van der Waals surface area contributed by atoms with Crippen LogP contribution in [-0.4, -0.2) is 34.0 Å². The van der Waals surface area contributed by atoms with Crippen LogP contribution in [0.1, 0.15) is 11.7 Å². The van der Waals surface area contributed by atoms with E-state index in [-0.39, 0.29) is 11.0 Å². The van der Waals surface area contributed by atoms with E-state index < -0.39 is 12.5 Å². The molecule has 0 bridgehead atoms. The Kier molecular flexibility index (Phi) is 4.92. The summed E-state index contributed by atoms with van der Waals surface area (Å²) < 4.78 is 40.3. The summed E-state index contributed by atoms with van der Waals surface area (Å²) in [6.45, 7) is 0. The quantitative estimate of drug-likeness (QED) is 0.926. The number of thioether (sulfide) groups is 2. The van der Waals surface area contributed by atoms with Crippen LogP contribution < -0.4 is 4.74 Å². The van der Waals surface area contributed by atoms with Crippen LogP contribution in [0.2, 0.25) is 0 Å². The molecule has 0 aromatic heterocycles. The van der Waals surface area contributed by atoms with E-state index in [2.05, 4.69) is 4.74 Å². The van der Waals surface area contributed by atoms with Gasteiger partial charge in [-0.2, -0.15) is 23.5 Å². The van der Waals surface area contributed by atoms with Gasteiger partial charge in [0.15, 0.2) is 0 Å². The molecular weight excluding hydrogens is 297 g/mol. The van der Waals surface area contributed by atoms with Crippen molar-refractivity contribution in [3.8, 4) is 5.75 Å². The molecule has 0 saturated carbocycles. The van der Waals surface area contributed by atoms with Gasteiger partial charge in [-0.1, -0.05) is 12.1 Å². The molecule has 2 unspecified atom stereocenters. The highest BCUT2D eigenvalue weighted by Gasteiger charge is 2.31. The first-order valence-electron chi connectivity index (χ1n) is 5.69. The van der Waals surface area contributed by atoms with Crippen molar-refractivity contribution < 1.29 is 23.0 Å². The summed E-state index contributed by atoms with van der Waals surface area (Å²) in [5.41, 5.74) is 0.460. The number of hydrogen-bond donors (Lipinski definition) is 1. The van der Waals surface area contributed by atoms with Gasteiger partial charge in [-0.15, -0.1) is 13.2 Å². The van der Waals surface area contributed by atoms with Gasteiger partial charge >= 0.3 is 6.36 Å². The average Bonchev–Trinajstić information content (AvgIpc) is 2.37. The second-order valence-electron chi connectivity index (χ2n) is 4.05. The van der Waals surface area contributed by atoms with Gasteiger partial charge in [0.1, 0.15) is 5.75 Å². The van der Waals surface area contributed by atoms with Crippen molar-refractivity contribution >= 4 is 23.5 Å². The maximum atomic E-state index is 12.1. The topological polar surface area (TPSA) is 29.5 Å². The highest BCUT2D eigenvalue weighted by molar-refractivity contribution is 8.06. The predicted octanol–water partition coefficient (Wildman–Crippen LogP) is 3.47. The van der Waals surface area contributed by atoms with Gasteiger partial charge in [0.25, 0.3) is 0 Å². The van der Waals surface area contributed by atoms with E-state index in [0.717, 1.165) is 17.3 Å². The van der Waals surface area contributed by atoms with E-state index in [1.165, 1.54) is 18.2 Å². The number of ether oxygens (including phenoxy) is 1. The van der Waals surface area contributed by atoms with Crippen LogP contribution in [0, 0.1) is 0 Å². The van der Waals surface area contributed by atoms with Crippen molar-refractivity contribution in [1.82, 2.24) is 0 Å². The molecule has 2 nitrogen and oxygen atoms in total. The van der Waals surface area contributed by atoms with Crippen LogP contribution >= 0.6 is 23.5 Å². The molecule has 1 saturated heterocycles. The lowest BCUT2D eigenvalue weighted by Crippen LogP contribution is -2.22. The Bertz CT molecular complexity index is 420. The van der Waals surface area contributed by atoms with Crippen molar-refractivity contribution in [3.63, 3.8) is 0 Å². The van der Waals surface area contributed by atoms with Crippen molar-refractivity contribution in [2.75, 3.05) is 17.3 Å². The minimum Gasteiger partial charge on any atom is -0.406 e. The standard InChI is InChI=1S/C12H13F3O2S2/c13-12(14,15)17-9-3-1-2-8(6-9)11(16)10-7-18-4-5-19-10/h1-3,6,10-11,16H,4-5,7H2. The highest BCUT2D eigenvalue weighted by Crippen LogP contribution is 2.35. The fourth-order valence-electron chi connectivity index (χ4n) is 1.80. The molecule has 2 atom stereocenters. The molecule has 1 fully saturated rings. The van der Waals surface area contributed by atoms with Crippen LogP contribution in [0.15, 0.2) is 24.3 Å². The van der Waals surface area contributed by atoms with E-state index in [0.29, 0.717) is 5.56 Å². The van der Waals surface area contributed by atoms with Gasteiger partial charge < -0.3 is 9.84 Å². The molecular formula is C12H13F3O2S2. The average molecular weight is 310 g/mol. The Labute approximate surface area is 117 Å². The van der Waals surface area contributed by atoms with Gasteiger partial charge in [0, 0.05) is 22.5 Å². The Balaban J connectivity index is 2.09. The summed E-state index contributed by atoms with van der Waals surface area (Å²) >= 11 is 3.40. The van der Waals surface area contributed by atoms with Crippen molar-refractivity contribution in [1.29, 1.82) is 0 Å². The molecule has 0 spiro atoms. The second kappa shape index (κ2) is 6.28. The summed E-state index contributed by atoms with van der Waals surface area (Å²) in [6, 6.07) is 5.55. The fraction of sp³-hybridized carbons (Fsp3) is 0.500. The van der Waals surface area contributed by atoms with Crippen molar-refractivity contribution in [2.45, 2.75) is 17.7 Å². The fourth-order valence-corrected chi connectivity index (χ4v) is 4.55. The number of hydrogen-bond acceptors (Lipinski definition) is 4. The van der Waals surface area contributed by atoms with Gasteiger partial charge in [-0.3, -0.25) is 0 Å². The maximum Gasteiger partial charge on any atom is 0.573 e. The smallest absolute Gasteiger partial charge is 0.406 e. The van der Waals surface area contributed by atoms with Crippen LogP contribution in [-0.2, 0) is 0 Å². The number of aliphatic hydroxyl groups excluding tert-OH is 1. The van der Waals surface area contributed by atoms with E-state index in [4.69, 9.17) is 0 Å². The molecule has 0 aliphatic carbocycles. The van der Waals surface area contributed by atoms with E-state index >= 15 is 0 Å². The summed E-state index contributed by atoms with van der Waals surface area (Å²) in [6.07, 6.45) is -5.48. The van der Waals surface area contributed by atoms with Gasteiger partial charge in [0.2, 0.25) is 0 Å². The number of halogens is 3. The van der Waals surface area contributed by atoms with E-state index in [1.807, 2.05) is 0 Å². The van der Waals surface area contributed by atoms with Gasteiger partial charge in [-0.25, -0.2) is 0 Å². The first-order valence-corrected chi connectivity index (χ1v) is 7.89. The van der Waals surface area contributed by atoms with Crippen LogP contribution in [0.5, 0.6) is 5.75 Å². The first kappa shape index (κ1) is 14.9. The monoisotopic (exact) mass is 310 g/mol. The lowest BCUT2D eigenvalue weighted by Gasteiger charge is -2.26. The summed E-state index contributed by atoms with van der Waals surface area (Å²) in [7, 11) is 0. The zero-order valence-corrected chi connectivity index (χ0v) is 11.5. The van der Waals surface area contributed by atoms with Gasteiger partial charge in [0.05, 0.1) is 6.10 Å². The lowest BCUT2D eigenvalue weighted by atomic mass is 10.1. The van der Waals surface area contributed by atoms with Crippen LogP contribution in [0.3, 0.4) is 0 Å². The third-order valence-electron chi connectivity index (χ3n) is 2.63. The molecule has 0 amide bonds. The summed E-state index contributed by atoms with van der Waals surface area (Å²) in [5.74, 6) is 2.50. The summed E-state index contributed by atoms with van der Waals surface area (Å²) in [4.78, 5) is 0. The Morgan fingerprint density at radius 3 is 2.74 bits per heavy atom. The largest absolute Gasteiger partial charge is 0.573 e. The number of benzene rings is 1. The molecule has 1 aliphatic rings. The Hall–Kier alpha value is -0.530. The molecule has 1 heterocycles. The van der Waals surface area contributed by atoms with E-state index in [1.54, 1.807) is 29.6 Å². The third-order valence-corrected chi connectivity index (χ3v) is 5.48. The third kappa shape index (κ3) is 4.50. The highest BCUT2D eigenvalue weighted by atomic mass is 32.2. The van der Waals surface area contributed by atoms with Crippen molar-refractivity contribution in [3.05, 3.63) is 29.8 Å². The Morgan fingerprint density at radius 2 is 2.11 bits per heavy atom. The molecule has 1 aromatic carbocycles. The van der Waals surface area contributed by atoms with Crippen molar-refractivity contribution in [2.24, 2.45) is 0 Å². The zero-order chi connectivity index (χ0) is 13.9. The minimum absolute atomic E-state index is 0.0138. The minimum atomic E-state index is -4.71. The number of aliphatic hydroxyl groups is 1. The molecule has 1 aromatic rings. The van der Waals surface area contributed by atoms with Crippen LogP contribution in [0.25, 0.3) is 0 Å².